The second-order valence-corrected chi connectivity index (χ2v) is 5.87. The topological polar surface area (TPSA) is 69.8 Å². The lowest BCUT2D eigenvalue weighted by Crippen LogP contribution is -2.39. The number of pyridine rings is 1. The summed E-state index contributed by atoms with van der Waals surface area (Å²) >= 11 is 0. The van der Waals surface area contributed by atoms with Crippen LogP contribution in [-0.4, -0.2) is 64.9 Å². The second-order valence-electron chi connectivity index (χ2n) is 5.87. The van der Waals surface area contributed by atoms with Crippen LogP contribution in [0.5, 0.6) is 0 Å². The molecule has 152 valence electrons. The Labute approximate surface area is 173 Å². The Morgan fingerprint density at radius 1 is 1.26 bits per heavy atom. The largest absolute Gasteiger partial charge is 0.401 e. The van der Waals surface area contributed by atoms with E-state index in [4.69, 9.17) is 0 Å². The maximum absolute atomic E-state index is 12.3. The van der Waals surface area contributed by atoms with Gasteiger partial charge in [0.2, 0.25) is 0 Å². The van der Waals surface area contributed by atoms with E-state index in [0.717, 1.165) is 5.65 Å². The Kier molecular flexibility index (Phi) is 9.77. The minimum Gasteiger partial charge on any atom is -0.357 e. The minimum absolute atomic E-state index is 0. The molecule has 2 rings (SSSR count). The summed E-state index contributed by atoms with van der Waals surface area (Å²) in [6.45, 7) is 2.94. The van der Waals surface area contributed by atoms with Crippen molar-refractivity contribution in [3.63, 3.8) is 0 Å². The van der Waals surface area contributed by atoms with Crippen LogP contribution in [0.25, 0.3) is 5.65 Å². The second kappa shape index (κ2) is 11.3. The van der Waals surface area contributed by atoms with Gasteiger partial charge in [-0.15, -0.1) is 34.2 Å². The van der Waals surface area contributed by atoms with Crippen molar-refractivity contribution < 1.29 is 13.2 Å². The quantitative estimate of drug-likeness (QED) is 0.253. The van der Waals surface area contributed by atoms with Crippen LogP contribution >= 0.6 is 24.0 Å². The monoisotopic (exact) mass is 499 g/mol. The number of nitrogens with one attached hydrogen (secondary N) is 2. The lowest BCUT2D eigenvalue weighted by molar-refractivity contribution is -0.143. The first-order chi connectivity index (χ1) is 12.4. The van der Waals surface area contributed by atoms with Gasteiger partial charge in [0.1, 0.15) is 6.54 Å². The lowest BCUT2D eigenvalue weighted by Gasteiger charge is -2.18. The molecular weight excluding hydrogens is 474 g/mol. The highest BCUT2D eigenvalue weighted by atomic mass is 127. The first kappa shape index (κ1) is 23.4. The first-order valence-corrected chi connectivity index (χ1v) is 8.45. The molecule has 0 bridgehead atoms. The lowest BCUT2D eigenvalue weighted by atomic mass is 10.4. The van der Waals surface area contributed by atoms with Crippen LogP contribution < -0.4 is 10.6 Å². The highest BCUT2D eigenvalue weighted by Crippen LogP contribution is 2.15. The van der Waals surface area contributed by atoms with Crippen LogP contribution in [0.2, 0.25) is 0 Å². The number of halogens is 4. The van der Waals surface area contributed by atoms with Gasteiger partial charge in [-0.1, -0.05) is 6.07 Å². The van der Waals surface area contributed by atoms with Gasteiger partial charge in [0, 0.05) is 19.3 Å². The van der Waals surface area contributed by atoms with Gasteiger partial charge in [0.15, 0.2) is 17.4 Å². The third kappa shape index (κ3) is 8.28. The molecule has 27 heavy (non-hydrogen) atoms. The third-order valence-corrected chi connectivity index (χ3v) is 3.57. The van der Waals surface area contributed by atoms with E-state index in [1.165, 1.54) is 11.9 Å². The number of hydrogen-bond donors (Lipinski definition) is 2. The summed E-state index contributed by atoms with van der Waals surface area (Å²) in [6, 6.07) is 5.64. The smallest absolute Gasteiger partial charge is 0.357 e. The van der Waals surface area contributed by atoms with Crippen LogP contribution in [0.4, 0.5) is 13.2 Å². The minimum atomic E-state index is -4.17. The van der Waals surface area contributed by atoms with E-state index in [-0.39, 0.29) is 24.0 Å². The van der Waals surface area contributed by atoms with Gasteiger partial charge < -0.3 is 10.6 Å². The van der Waals surface area contributed by atoms with E-state index >= 15 is 0 Å². The molecule has 7 nitrogen and oxygen atoms in total. The van der Waals surface area contributed by atoms with Crippen molar-refractivity contribution in [2.24, 2.45) is 4.99 Å². The summed E-state index contributed by atoms with van der Waals surface area (Å²) in [7, 11) is 1.46. The van der Waals surface area contributed by atoms with Crippen LogP contribution in [0.1, 0.15) is 19.2 Å². The molecule has 2 N–H and O–H groups in total. The third-order valence-electron chi connectivity index (χ3n) is 3.57. The highest BCUT2D eigenvalue weighted by Gasteiger charge is 2.28. The number of rotatable bonds is 8. The molecule has 0 aliphatic rings. The van der Waals surface area contributed by atoms with Gasteiger partial charge in [-0.3, -0.25) is 9.30 Å². The Morgan fingerprint density at radius 2 is 2.04 bits per heavy atom. The molecule has 2 aromatic heterocycles. The molecule has 0 radical (unpaired) electrons. The number of hydrogen-bond acceptors (Lipinski definition) is 4. The van der Waals surface area contributed by atoms with Crippen molar-refractivity contribution in [1.29, 1.82) is 0 Å². The molecule has 2 heterocycles. The fourth-order valence-electron chi connectivity index (χ4n) is 2.43. The number of aromatic nitrogens is 3. The summed E-state index contributed by atoms with van der Waals surface area (Å²) in [5.41, 5.74) is 0.753. The standard InChI is InChI=1S/C16H24F3N7.HI/c1-3-20-15(21-8-6-9-25(2)12-16(17,18)19)22-11-14-24-23-13-7-4-5-10-26(13)14;/h4-5,7,10H,3,6,8-9,11-12H2,1-2H3,(H2,20,21,22);1H. The SMILES string of the molecule is CCNC(=NCc1nnc2ccccn12)NCCCN(C)CC(F)(F)F.I. The molecule has 0 aliphatic heterocycles. The van der Waals surface area contributed by atoms with Gasteiger partial charge in [0.25, 0.3) is 0 Å². The van der Waals surface area contributed by atoms with E-state index < -0.39 is 12.7 Å². The van der Waals surface area contributed by atoms with Crippen molar-refractivity contribution >= 4 is 35.6 Å². The number of nitrogens with zero attached hydrogens (tertiary/aromatic N) is 5. The molecular formula is C16H25F3IN7. The summed E-state index contributed by atoms with van der Waals surface area (Å²) in [6.07, 6.45) is -1.72. The first-order valence-electron chi connectivity index (χ1n) is 8.45. The number of fused-ring (bicyclic) bond motifs is 1. The van der Waals surface area contributed by atoms with Gasteiger partial charge in [-0.25, -0.2) is 4.99 Å². The molecule has 2 aromatic rings. The molecule has 0 aromatic carbocycles. The Morgan fingerprint density at radius 3 is 2.74 bits per heavy atom. The summed E-state index contributed by atoms with van der Waals surface area (Å²) < 4.78 is 38.7. The van der Waals surface area contributed by atoms with Crippen LogP contribution in [0.3, 0.4) is 0 Å². The Balaban J connectivity index is 0.00000364. The van der Waals surface area contributed by atoms with Gasteiger partial charge in [-0.05, 0) is 39.1 Å². The molecule has 0 spiro atoms. The highest BCUT2D eigenvalue weighted by molar-refractivity contribution is 14.0. The Bertz CT molecular complexity index is 717. The molecule has 0 fully saturated rings. The Hall–Kier alpha value is -1.63. The maximum Gasteiger partial charge on any atom is 0.401 e. The molecule has 0 aliphatic carbocycles. The molecule has 0 unspecified atom stereocenters. The average molecular weight is 499 g/mol. The number of alkyl halides is 3. The molecule has 0 saturated heterocycles. The molecule has 0 atom stereocenters. The molecule has 11 heteroatoms. The fraction of sp³-hybridized carbons (Fsp3) is 0.562. The van der Waals surface area contributed by atoms with Crippen molar-refractivity contribution in [2.45, 2.75) is 26.1 Å². The van der Waals surface area contributed by atoms with Crippen LogP contribution in [-0.2, 0) is 6.54 Å². The molecule has 0 amide bonds. The van der Waals surface area contributed by atoms with Crippen LogP contribution in [0, 0.1) is 0 Å². The number of aliphatic imine (C=N–C) groups is 1. The zero-order valence-corrected chi connectivity index (χ0v) is 17.7. The van der Waals surface area contributed by atoms with E-state index in [1.807, 2.05) is 35.7 Å². The zero-order valence-electron chi connectivity index (χ0n) is 15.3. The zero-order chi connectivity index (χ0) is 19.0. The van der Waals surface area contributed by atoms with E-state index in [2.05, 4.69) is 25.8 Å². The fourth-order valence-corrected chi connectivity index (χ4v) is 2.43. The van der Waals surface area contributed by atoms with Crippen molar-refractivity contribution in [1.82, 2.24) is 30.1 Å². The van der Waals surface area contributed by atoms with Crippen molar-refractivity contribution in [2.75, 3.05) is 33.2 Å². The van der Waals surface area contributed by atoms with E-state index in [1.54, 1.807) is 0 Å². The summed E-state index contributed by atoms with van der Waals surface area (Å²) in [4.78, 5) is 5.72. The van der Waals surface area contributed by atoms with Crippen molar-refractivity contribution in [3.05, 3.63) is 30.2 Å². The van der Waals surface area contributed by atoms with Gasteiger partial charge in [-0.2, -0.15) is 13.2 Å². The normalized spacial score (nSPS) is 12.3. The predicted octanol–water partition coefficient (Wildman–Crippen LogP) is 2.29. The van der Waals surface area contributed by atoms with Crippen molar-refractivity contribution in [3.8, 4) is 0 Å². The number of guanidine groups is 1. The average Bonchev–Trinajstić information content (AvgIpc) is 2.98. The van der Waals surface area contributed by atoms with E-state index in [9.17, 15) is 13.2 Å². The van der Waals surface area contributed by atoms with Crippen LogP contribution in [0.15, 0.2) is 29.4 Å². The summed E-state index contributed by atoms with van der Waals surface area (Å²) in [5, 5.41) is 14.4. The molecule has 0 saturated carbocycles. The van der Waals surface area contributed by atoms with Gasteiger partial charge >= 0.3 is 6.18 Å². The maximum atomic E-state index is 12.3. The van der Waals surface area contributed by atoms with Gasteiger partial charge in [0.05, 0.1) is 6.54 Å². The summed E-state index contributed by atoms with van der Waals surface area (Å²) in [5.74, 6) is 1.31. The van der Waals surface area contributed by atoms with E-state index in [0.29, 0.717) is 44.4 Å². The predicted molar refractivity (Wildman–Crippen MR) is 109 cm³/mol.